The monoisotopic (exact) mass is 239 g/mol. The van der Waals surface area contributed by atoms with E-state index in [-0.39, 0.29) is 0 Å². The van der Waals surface area contributed by atoms with E-state index < -0.39 is 0 Å². The van der Waals surface area contributed by atoms with Crippen LogP contribution < -0.4 is 5.32 Å². The van der Waals surface area contributed by atoms with Crippen molar-refractivity contribution in [1.82, 2.24) is 5.32 Å². The van der Waals surface area contributed by atoms with Crippen LogP contribution in [0.1, 0.15) is 30.9 Å². The summed E-state index contributed by atoms with van der Waals surface area (Å²) in [4.78, 5) is 0. The van der Waals surface area contributed by atoms with Crippen molar-refractivity contribution in [2.75, 3.05) is 13.7 Å². The van der Waals surface area contributed by atoms with Crippen LogP contribution in [-0.4, -0.2) is 19.8 Å². The highest BCUT2D eigenvalue weighted by atomic mass is 35.5. The third-order valence-corrected chi connectivity index (χ3v) is 3.36. The van der Waals surface area contributed by atoms with Gasteiger partial charge in [-0.15, -0.1) is 0 Å². The van der Waals surface area contributed by atoms with Crippen molar-refractivity contribution in [2.45, 2.75) is 31.4 Å². The summed E-state index contributed by atoms with van der Waals surface area (Å²) in [6, 6.07) is 8.38. The molecule has 2 nitrogen and oxygen atoms in total. The van der Waals surface area contributed by atoms with Crippen LogP contribution in [0.5, 0.6) is 0 Å². The average Bonchev–Trinajstić information content (AvgIpc) is 2.78. The maximum Gasteiger partial charge on any atom is 0.0594 e. The highest BCUT2D eigenvalue weighted by molar-refractivity contribution is 6.30. The molecule has 1 saturated heterocycles. The number of benzene rings is 1. The Labute approximate surface area is 102 Å². The first-order chi connectivity index (χ1) is 7.79. The molecule has 2 rings (SSSR count). The molecule has 0 aliphatic carbocycles. The van der Waals surface area contributed by atoms with Gasteiger partial charge in [-0.05, 0) is 44.0 Å². The molecule has 1 aromatic rings. The molecule has 0 radical (unpaired) electrons. The Morgan fingerprint density at radius 1 is 1.56 bits per heavy atom. The predicted molar refractivity (Wildman–Crippen MR) is 66.8 cm³/mol. The minimum Gasteiger partial charge on any atom is -0.378 e. The van der Waals surface area contributed by atoms with E-state index >= 15 is 0 Å². The quantitative estimate of drug-likeness (QED) is 0.872. The van der Waals surface area contributed by atoms with Gasteiger partial charge >= 0.3 is 0 Å². The number of hydrogen-bond donors (Lipinski definition) is 1. The first kappa shape index (κ1) is 11.9. The van der Waals surface area contributed by atoms with Gasteiger partial charge in [-0.3, -0.25) is 0 Å². The van der Waals surface area contributed by atoms with Gasteiger partial charge in [0, 0.05) is 17.7 Å². The number of rotatable bonds is 4. The lowest BCUT2D eigenvalue weighted by atomic mass is 9.99. The highest BCUT2D eigenvalue weighted by Crippen LogP contribution is 2.26. The lowest BCUT2D eigenvalue weighted by molar-refractivity contribution is 0.0954. The Bertz CT molecular complexity index is 336. The lowest BCUT2D eigenvalue weighted by Crippen LogP contribution is -2.22. The van der Waals surface area contributed by atoms with Gasteiger partial charge in [0.05, 0.1) is 6.10 Å². The fraction of sp³-hybridized carbons (Fsp3) is 0.538. The molecule has 16 heavy (non-hydrogen) atoms. The van der Waals surface area contributed by atoms with Crippen LogP contribution >= 0.6 is 11.6 Å². The normalized spacial score (nSPS) is 22.2. The van der Waals surface area contributed by atoms with E-state index in [9.17, 15) is 0 Å². The molecule has 1 aliphatic rings. The zero-order valence-corrected chi connectivity index (χ0v) is 10.3. The minimum atomic E-state index is 0.335. The van der Waals surface area contributed by atoms with Crippen LogP contribution in [0.25, 0.3) is 0 Å². The summed E-state index contributed by atoms with van der Waals surface area (Å²) in [6.07, 6.45) is 3.79. The number of hydrogen-bond acceptors (Lipinski definition) is 2. The van der Waals surface area contributed by atoms with Crippen LogP contribution in [0, 0.1) is 0 Å². The van der Waals surface area contributed by atoms with Gasteiger partial charge in [-0.25, -0.2) is 0 Å². The summed E-state index contributed by atoms with van der Waals surface area (Å²) in [5, 5.41) is 4.13. The van der Waals surface area contributed by atoms with Crippen LogP contribution in [0.2, 0.25) is 5.02 Å². The molecule has 0 amide bonds. The molecule has 2 atom stereocenters. The summed E-state index contributed by atoms with van der Waals surface area (Å²) >= 11 is 6.00. The molecular weight excluding hydrogens is 222 g/mol. The molecule has 2 unspecified atom stereocenters. The summed E-state index contributed by atoms with van der Waals surface area (Å²) in [5.41, 5.74) is 1.24. The Kier molecular flexibility index (Phi) is 4.22. The SMILES string of the molecule is CNC(CC1CCCO1)c1cccc(Cl)c1. The molecule has 1 fully saturated rings. The van der Waals surface area contributed by atoms with Crippen molar-refractivity contribution in [3.8, 4) is 0 Å². The molecule has 1 aliphatic heterocycles. The molecular formula is C13H18ClNO. The molecule has 0 saturated carbocycles. The van der Waals surface area contributed by atoms with Crippen molar-refractivity contribution < 1.29 is 4.74 Å². The van der Waals surface area contributed by atoms with E-state index in [1.165, 1.54) is 18.4 Å². The summed E-state index contributed by atoms with van der Waals surface area (Å²) < 4.78 is 5.66. The van der Waals surface area contributed by atoms with Gasteiger partial charge in [0.25, 0.3) is 0 Å². The lowest BCUT2D eigenvalue weighted by Gasteiger charge is -2.20. The van der Waals surface area contributed by atoms with Gasteiger partial charge in [-0.1, -0.05) is 23.7 Å². The molecule has 0 spiro atoms. The summed E-state index contributed by atoms with van der Waals surface area (Å²) in [7, 11) is 1.99. The summed E-state index contributed by atoms with van der Waals surface area (Å²) in [6.45, 7) is 0.913. The van der Waals surface area contributed by atoms with E-state index in [0.29, 0.717) is 12.1 Å². The fourth-order valence-electron chi connectivity index (χ4n) is 2.24. The first-order valence-corrected chi connectivity index (χ1v) is 6.21. The van der Waals surface area contributed by atoms with Crippen molar-refractivity contribution >= 4 is 11.6 Å². The molecule has 0 bridgehead atoms. The highest BCUT2D eigenvalue weighted by Gasteiger charge is 2.20. The minimum absolute atomic E-state index is 0.335. The maximum absolute atomic E-state index is 6.00. The Morgan fingerprint density at radius 2 is 2.44 bits per heavy atom. The maximum atomic E-state index is 6.00. The molecule has 3 heteroatoms. The van der Waals surface area contributed by atoms with E-state index in [1.807, 2.05) is 25.2 Å². The number of halogens is 1. The van der Waals surface area contributed by atoms with Crippen molar-refractivity contribution in [3.05, 3.63) is 34.9 Å². The molecule has 0 aromatic heterocycles. The Hall–Kier alpha value is -0.570. The zero-order chi connectivity index (χ0) is 11.4. The van der Waals surface area contributed by atoms with Gasteiger partial charge in [0.2, 0.25) is 0 Å². The third kappa shape index (κ3) is 2.97. The smallest absolute Gasteiger partial charge is 0.0594 e. The largest absolute Gasteiger partial charge is 0.378 e. The van der Waals surface area contributed by atoms with Gasteiger partial charge in [-0.2, -0.15) is 0 Å². The third-order valence-electron chi connectivity index (χ3n) is 3.12. The van der Waals surface area contributed by atoms with Crippen molar-refractivity contribution in [2.24, 2.45) is 0 Å². The van der Waals surface area contributed by atoms with Gasteiger partial charge in [0.1, 0.15) is 0 Å². The van der Waals surface area contributed by atoms with Crippen LogP contribution in [0.15, 0.2) is 24.3 Å². The van der Waals surface area contributed by atoms with Crippen LogP contribution in [0.4, 0.5) is 0 Å². The molecule has 1 N–H and O–H groups in total. The van der Waals surface area contributed by atoms with Gasteiger partial charge < -0.3 is 10.1 Å². The number of ether oxygens (including phenoxy) is 1. The second-order valence-electron chi connectivity index (χ2n) is 4.27. The van der Waals surface area contributed by atoms with E-state index in [4.69, 9.17) is 16.3 Å². The molecule has 1 aromatic carbocycles. The van der Waals surface area contributed by atoms with Crippen molar-refractivity contribution in [1.29, 1.82) is 0 Å². The van der Waals surface area contributed by atoms with E-state index in [2.05, 4.69) is 11.4 Å². The van der Waals surface area contributed by atoms with Crippen molar-refractivity contribution in [3.63, 3.8) is 0 Å². The first-order valence-electron chi connectivity index (χ1n) is 5.84. The fourth-order valence-corrected chi connectivity index (χ4v) is 2.44. The summed E-state index contributed by atoms with van der Waals surface area (Å²) in [5.74, 6) is 0. The Balaban J connectivity index is 2.03. The standard InChI is InChI=1S/C13H18ClNO/c1-15-13(9-12-6-3-7-16-12)10-4-2-5-11(14)8-10/h2,4-5,8,12-13,15H,3,6-7,9H2,1H3. The van der Waals surface area contributed by atoms with Crippen LogP contribution in [-0.2, 0) is 4.74 Å². The van der Waals surface area contributed by atoms with Crippen LogP contribution in [0.3, 0.4) is 0 Å². The predicted octanol–water partition coefficient (Wildman–Crippen LogP) is 3.17. The van der Waals surface area contributed by atoms with E-state index in [0.717, 1.165) is 18.1 Å². The van der Waals surface area contributed by atoms with E-state index in [1.54, 1.807) is 0 Å². The van der Waals surface area contributed by atoms with Gasteiger partial charge in [0.15, 0.2) is 0 Å². The zero-order valence-electron chi connectivity index (χ0n) is 9.58. The second-order valence-corrected chi connectivity index (χ2v) is 4.70. The molecule has 1 heterocycles. The molecule has 88 valence electrons. The Morgan fingerprint density at radius 3 is 3.06 bits per heavy atom. The average molecular weight is 240 g/mol. The second kappa shape index (κ2) is 5.67. The topological polar surface area (TPSA) is 21.3 Å². The number of nitrogens with one attached hydrogen (secondary N) is 1.